The molecule has 2 aromatic rings. The van der Waals surface area contributed by atoms with Crippen molar-refractivity contribution in [3.8, 4) is 0 Å². The average Bonchev–Trinajstić information content (AvgIpc) is 2.76. The molecule has 5 N–H and O–H groups in total. The van der Waals surface area contributed by atoms with Crippen LogP contribution < -0.4 is 11.1 Å². The minimum absolute atomic E-state index is 0.127. The van der Waals surface area contributed by atoms with Crippen LogP contribution in [0.4, 0.5) is 11.8 Å². The third kappa shape index (κ3) is 2.51. The monoisotopic (exact) mass is 250 g/mol. The van der Waals surface area contributed by atoms with E-state index >= 15 is 0 Å². The van der Waals surface area contributed by atoms with E-state index in [-0.39, 0.29) is 18.6 Å². The summed E-state index contributed by atoms with van der Waals surface area (Å²) in [6, 6.07) is 0.127. The van der Waals surface area contributed by atoms with Gasteiger partial charge in [0.15, 0.2) is 5.65 Å². The Balaban J connectivity index is 2.32. The minimum Gasteiger partial charge on any atom is -0.396 e. The first-order valence-corrected chi connectivity index (χ1v) is 5.95. The molecular formula is C11H18N6O. The number of fused-ring (bicyclic) bond motifs is 1. The molecule has 0 fully saturated rings. The third-order valence-corrected chi connectivity index (χ3v) is 2.89. The quantitative estimate of drug-likeness (QED) is 0.623. The lowest BCUT2D eigenvalue weighted by atomic mass is 10.0. The molecule has 7 nitrogen and oxygen atoms in total. The Morgan fingerprint density at radius 2 is 2.22 bits per heavy atom. The van der Waals surface area contributed by atoms with Gasteiger partial charge < -0.3 is 16.2 Å². The largest absolute Gasteiger partial charge is 0.396 e. The number of nitrogens with one attached hydrogen (secondary N) is 2. The second kappa shape index (κ2) is 5.18. The number of nitrogen functional groups attached to an aromatic ring is 1. The summed E-state index contributed by atoms with van der Waals surface area (Å²) in [6.07, 6.45) is 2.31. The summed E-state index contributed by atoms with van der Waals surface area (Å²) >= 11 is 0. The van der Waals surface area contributed by atoms with Gasteiger partial charge in [0.05, 0.1) is 11.6 Å². The molecule has 0 saturated heterocycles. The number of hydrogen-bond acceptors (Lipinski definition) is 6. The van der Waals surface area contributed by atoms with Crippen LogP contribution in [0.25, 0.3) is 11.0 Å². The fraction of sp³-hybridized carbons (Fsp3) is 0.545. The first-order valence-electron chi connectivity index (χ1n) is 5.95. The van der Waals surface area contributed by atoms with Crippen LogP contribution in [0.2, 0.25) is 0 Å². The van der Waals surface area contributed by atoms with Crippen LogP contribution in [0, 0.1) is 5.92 Å². The van der Waals surface area contributed by atoms with Gasteiger partial charge in [0, 0.05) is 12.6 Å². The highest BCUT2D eigenvalue weighted by Gasteiger charge is 2.16. The molecule has 1 atom stereocenters. The maximum absolute atomic E-state index is 9.08. The Hall–Kier alpha value is -1.89. The molecule has 98 valence electrons. The molecule has 0 radical (unpaired) electrons. The van der Waals surface area contributed by atoms with Gasteiger partial charge in [-0.25, -0.2) is 0 Å². The molecule has 0 aromatic carbocycles. The Morgan fingerprint density at radius 1 is 1.44 bits per heavy atom. The van der Waals surface area contributed by atoms with Gasteiger partial charge in [0.25, 0.3) is 0 Å². The molecule has 0 saturated carbocycles. The van der Waals surface area contributed by atoms with Crippen molar-refractivity contribution in [1.29, 1.82) is 0 Å². The number of aliphatic hydroxyl groups excluding tert-OH is 1. The Labute approximate surface area is 105 Å². The van der Waals surface area contributed by atoms with Crippen LogP contribution in [0.5, 0.6) is 0 Å². The van der Waals surface area contributed by atoms with Crippen molar-refractivity contribution in [2.24, 2.45) is 5.92 Å². The Bertz CT molecular complexity index is 523. The van der Waals surface area contributed by atoms with Gasteiger partial charge in [-0.05, 0) is 12.3 Å². The molecule has 2 rings (SSSR count). The van der Waals surface area contributed by atoms with Crippen LogP contribution in [-0.2, 0) is 0 Å². The van der Waals surface area contributed by atoms with Crippen molar-refractivity contribution in [3.63, 3.8) is 0 Å². The van der Waals surface area contributed by atoms with Crippen LogP contribution in [0.15, 0.2) is 6.20 Å². The highest BCUT2D eigenvalue weighted by molar-refractivity contribution is 5.86. The number of aliphatic hydroxyl groups is 1. The van der Waals surface area contributed by atoms with Crippen LogP contribution in [-0.4, -0.2) is 37.9 Å². The van der Waals surface area contributed by atoms with Crippen molar-refractivity contribution >= 4 is 22.8 Å². The van der Waals surface area contributed by atoms with Crippen molar-refractivity contribution in [2.45, 2.75) is 26.3 Å². The van der Waals surface area contributed by atoms with Crippen molar-refractivity contribution in [1.82, 2.24) is 20.2 Å². The predicted molar refractivity (Wildman–Crippen MR) is 70.0 cm³/mol. The summed E-state index contributed by atoms with van der Waals surface area (Å²) in [7, 11) is 0. The number of nitrogens with two attached hydrogens (primary N) is 1. The van der Waals surface area contributed by atoms with Gasteiger partial charge in [-0.3, -0.25) is 5.10 Å². The van der Waals surface area contributed by atoms with Gasteiger partial charge in [0.2, 0.25) is 5.95 Å². The summed E-state index contributed by atoms with van der Waals surface area (Å²) < 4.78 is 0. The molecule has 0 amide bonds. The molecular weight excluding hydrogens is 232 g/mol. The van der Waals surface area contributed by atoms with Gasteiger partial charge in [0.1, 0.15) is 5.82 Å². The summed E-state index contributed by atoms with van der Waals surface area (Å²) in [6.45, 7) is 4.31. The summed E-state index contributed by atoms with van der Waals surface area (Å²) in [5.74, 6) is 1.22. The zero-order valence-corrected chi connectivity index (χ0v) is 10.5. The molecule has 2 aromatic heterocycles. The smallest absolute Gasteiger partial charge is 0.224 e. The number of H-pyrrole nitrogens is 1. The average molecular weight is 250 g/mol. The highest BCUT2D eigenvalue weighted by Crippen LogP contribution is 2.21. The van der Waals surface area contributed by atoms with E-state index in [1.54, 1.807) is 6.20 Å². The van der Waals surface area contributed by atoms with E-state index in [0.717, 1.165) is 5.39 Å². The number of hydrogen-bond donors (Lipinski definition) is 4. The van der Waals surface area contributed by atoms with E-state index in [9.17, 15) is 0 Å². The lowest BCUT2D eigenvalue weighted by Crippen LogP contribution is -2.27. The second-order valence-corrected chi connectivity index (χ2v) is 4.57. The number of nitrogens with zero attached hydrogens (tertiary/aromatic N) is 3. The topological polar surface area (TPSA) is 113 Å². The third-order valence-electron chi connectivity index (χ3n) is 2.89. The van der Waals surface area contributed by atoms with Crippen molar-refractivity contribution < 1.29 is 5.11 Å². The fourth-order valence-corrected chi connectivity index (χ4v) is 1.85. The number of aromatic nitrogens is 4. The lowest BCUT2D eigenvalue weighted by Gasteiger charge is -2.22. The fourth-order valence-electron chi connectivity index (χ4n) is 1.85. The molecule has 0 aliphatic heterocycles. The van der Waals surface area contributed by atoms with E-state index < -0.39 is 0 Å². The summed E-state index contributed by atoms with van der Waals surface area (Å²) in [5, 5.41) is 19.9. The highest BCUT2D eigenvalue weighted by atomic mass is 16.3. The van der Waals surface area contributed by atoms with Crippen LogP contribution in [0.3, 0.4) is 0 Å². The number of aromatic amines is 1. The van der Waals surface area contributed by atoms with E-state index in [0.29, 0.717) is 23.8 Å². The summed E-state index contributed by atoms with van der Waals surface area (Å²) in [5.41, 5.74) is 6.26. The van der Waals surface area contributed by atoms with Crippen molar-refractivity contribution in [3.05, 3.63) is 6.20 Å². The minimum atomic E-state index is 0.127. The molecule has 0 aliphatic carbocycles. The van der Waals surface area contributed by atoms with Crippen molar-refractivity contribution in [2.75, 3.05) is 17.7 Å². The van der Waals surface area contributed by atoms with E-state index in [1.165, 1.54) is 0 Å². The van der Waals surface area contributed by atoms with E-state index in [4.69, 9.17) is 10.8 Å². The molecule has 1 unspecified atom stereocenters. The normalized spacial score (nSPS) is 13.1. The van der Waals surface area contributed by atoms with Crippen LogP contribution >= 0.6 is 0 Å². The SMILES string of the molecule is CC(C)C(CCO)Nc1nc(N)nc2[nH]ncc12. The predicted octanol–water partition coefficient (Wildman–Crippen LogP) is 0.754. The number of rotatable bonds is 5. The maximum Gasteiger partial charge on any atom is 0.224 e. The maximum atomic E-state index is 9.08. The molecule has 7 heteroatoms. The molecule has 0 bridgehead atoms. The molecule has 2 heterocycles. The first kappa shape index (κ1) is 12.6. The van der Waals surface area contributed by atoms with Crippen LogP contribution in [0.1, 0.15) is 20.3 Å². The summed E-state index contributed by atoms with van der Waals surface area (Å²) in [4.78, 5) is 8.25. The van der Waals surface area contributed by atoms with E-state index in [2.05, 4.69) is 39.3 Å². The second-order valence-electron chi connectivity index (χ2n) is 4.57. The van der Waals surface area contributed by atoms with E-state index in [1.807, 2.05) is 0 Å². The first-order chi connectivity index (χ1) is 8.61. The van der Waals surface area contributed by atoms with Gasteiger partial charge in [-0.2, -0.15) is 15.1 Å². The Kier molecular flexibility index (Phi) is 3.61. The van der Waals surface area contributed by atoms with Gasteiger partial charge >= 0.3 is 0 Å². The Morgan fingerprint density at radius 3 is 2.89 bits per heavy atom. The lowest BCUT2D eigenvalue weighted by molar-refractivity contribution is 0.267. The van der Waals surface area contributed by atoms with Gasteiger partial charge in [-0.15, -0.1) is 0 Å². The molecule has 18 heavy (non-hydrogen) atoms. The molecule has 0 aliphatic rings. The zero-order valence-electron chi connectivity index (χ0n) is 10.5. The zero-order chi connectivity index (χ0) is 13.1. The number of anilines is 2. The molecule has 0 spiro atoms. The standard InChI is InChI=1S/C11H18N6O/c1-6(2)8(3-4-18)14-9-7-5-13-17-10(7)16-11(12)15-9/h5-6,8,18H,3-4H2,1-2H3,(H4,12,13,14,15,16,17). The van der Waals surface area contributed by atoms with Gasteiger partial charge in [-0.1, -0.05) is 13.8 Å².